The highest BCUT2D eigenvalue weighted by Gasteiger charge is 2.34. The zero-order chi connectivity index (χ0) is 14.4. The number of carbonyl (C=O) groups is 1. The lowest BCUT2D eigenvalue weighted by Gasteiger charge is -2.24. The quantitative estimate of drug-likeness (QED) is 0.890. The maximum absolute atomic E-state index is 12.1. The first-order valence-electron chi connectivity index (χ1n) is 7.62. The molecule has 2 aromatic rings. The average Bonchev–Trinajstić information content (AvgIpc) is 3.18. The van der Waals surface area contributed by atoms with Gasteiger partial charge < -0.3 is 5.32 Å². The van der Waals surface area contributed by atoms with Crippen molar-refractivity contribution in [2.24, 2.45) is 0 Å². The lowest BCUT2D eigenvalue weighted by atomic mass is 9.89. The maximum atomic E-state index is 12.1. The first kappa shape index (κ1) is 12.6. The van der Waals surface area contributed by atoms with E-state index in [-0.39, 0.29) is 11.8 Å². The van der Waals surface area contributed by atoms with Crippen molar-refractivity contribution >= 4 is 11.7 Å². The molecular formula is C15H19N5O. The van der Waals surface area contributed by atoms with E-state index in [1.54, 1.807) is 6.20 Å². The van der Waals surface area contributed by atoms with Crippen molar-refractivity contribution < 1.29 is 4.79 Å². The zero-order valence-corrected chi connectivity index (χ0v) is 12.1. The standard InChI is InChI=1S/C15H19N5O/c1-9-14-11(12-6-7-16-18-12)8-13(21)17-15(14)20(19-9)10-4-2-3-5-10/h6-7,10-11H,2-5,8H2,1H3,(H,16,18)(H,17,21). The van der Waals surface area contributed by atoms with Crippen LogP contribution in [0, 0.1) is 6.92 Å². The topological polar surface area (TPSA) is 75.6 Å². The molecule has 21 heavy (non-hydrogen) atoms. The Hall–Kier alpha value is -2.11. The van der Waals surface area contributed by atoms with Gasteiger partial charge >= 0.3 is 0 Å². The number of amides is 1. The van der Waals surface area contributed by atoms with Crippen molar-refractivity contribution in [1.82, 2.24) is 20.0 Å². The van der Waals surface area contributed by atoms with Crippen molar-refractivity contribution in [2.75, 3.05) is 5.32 Å². The van der Waals surface area contributed by atoms with E-state index in [9.17, 15) is 4.79 Å². The van der Waals surface area contributed by atoms with Crippen LogP contribution >= 0.6 is 0 Å². The molecule has 3 heterocycles. The fourth-order valence-corrected chi connectivity index (χ4v) is 3.71. The second-order valence-corrected chi connectivity index (χ2v) is 6.05. The Balaban J connectivity index is 1.82. The van der Waals surface area contributed by atoms with Gasteiger partial charge in [0.25, 0.3) is 0 Å². The van der Waals surface area contributed by atoms with Gasteiger partial charge in [-0.1, -0.05) is 12.8 Å². The van der Waals surface area contributed by atoms with Gasteiger partial charge in [-0.15, -0.1) is 0 Å². The lowest BCUT2D eigenvalue weighted by Crippen LogP contribution is -2.26. The summed E-state index contributed by atoms with van der Waals surface area (Å²) < 4.78 is 2.05. The highest BCUT2D eigenvalue weighted by atomic mass is 16.1. The molecule has 2 aliphatic rings. The summed E-state index contributed by atoms with van der Waals surface area (Å²) in [6.45, 7) is 2.03. The summed E-state index contributed by atoms with van der Waals surface area (Å²) in [5.74, 6) is 0.989. The Morgan fingerprint density at radius 2 is 2.14 bits per heavy atom. The molecule has 110 valence electrons. The summed E-state index contributed by atoms with van der Waals surface area (Å²) in [4.78, 5) is 12.1. The maximum Gasteiger partial charge on any atom is 0.226 e. The molecule has 0 spiro atoms. The third-order valence-electron chi connectivity index (χ3n) is 4.70. The number of nitrogens with one attached hydrogen (secondary N) is 2. The molecule has 0 radical (unpaired) electrons. The number of H-pyrrole nitrogens is 1. The highest BCUT2D eigenvalue weighted by molar-refractivity contribution is 5.94. The van der Waals surface area contributed by atoms with E-state index >= 15 is 0 Å². The number of fused-ring (bicyclic) bond motifs is 1. The molecule has 0 aromatic carbocycles. The van der Waals surface area contributed by atoms with Crippen molar-refractivity contribution in [3.05, 3.63) is 29.2 Å². The molecule has 1 aliphatic carbocycles. The van der Waals surface area contributed by atoms with Crippen LogP contribution in [0.1, 0.15) is 61.0 Å². The van der Waals surface area contributed by atoms with E-state index in [0.717, 1.165) is 35.6 Å². The molecule has 0 bridgehead atoms. The van der Waals surface area contributed by atoms with E-state index in [1.807, 2.05) is 13.0 Å². The van der Waals surface area contributed by atoms with Crippen LogP contribution in [-0.4, -0.2) is 25.9 Å². The number of aromatic nitrogens is 4. The van der Waals surface area contributed by atoms with Crippen LogP contribution in [-0.2, 0) is 4.79 Å². The van der Waals surface area contributed by atoms with Crippen LogP contribution in [0.3, 0.4) is 0 Å². The van der Waals surface area contributed by atoms with Crippen LogP contribution in [0.25, 0.3) is 0 Å². The summed E-state index contributed by atoms with van der Waals surface area (Å²) in [6.07, 6.45) is 6.98. The van der Waals surface area contributed by atoms with Crippen LogP contribution in [0.2, 0.25) is 0 Å². The first-order chi connectivity index (χ1) is 10.2. The number of nitrogens with zero attached hydrogens (tertiary/aromatic N) is 3. The summed E-state index contributed by atoms with van der Waals surface area (Å²) >= 11 is 0. The summed E-state index contributed by atoms with van der Waals surface area (Å²) in [7, 11) is 0. The van der Waals surface area contributed by atoms with Gasteiger partial charge in [-0.05, 0) is 25.8 Å². The Labute approximate surface area is 122 Å². The molecule has 1 saturated carbocycles. The van der Waals surface area contributed by atoms with Crippen LogP contribution in [0.5, 0.6) is 0 Å². The molecule has 1 fully saturated rings. The predicted molar refractivity (Wildman–Crippen MR) is 78.1 cm³/mol. The van der Waals surface area contributed by atoms with Gasteiger partial charge in [0.15, 0.2) is 0 Å². The molecule has 0 saturated heterocycles. The third-order valence-corrected chi connectivity index (χ3v) is 4.70. The molecule has 1 amide bonds. The summed E-state index contributed by atoms with van der Waals surface area (Å²) in [5, 5.41) is 14.8. The minimum atomic E-state index is 0.0337. The number of aromatic amines is 1. The Kier molecular flexibility index (Phi) is 2.83. The van der Waals surface area contributed by atoms with Crippen molar-refractivity contribution in [3.63, 3.8) is 0 Å². The van der Waals surface area contributed by atoms with E-state index in [0.29, 0.717) is 12.5 Å². The molecule has 6 nitrogen and oxygen atoms in total. The molecular weight excluding hydrogens is 266 g/mol. The summed E-state index contributed by atoms with van der Waals surface area (Å²) in [5.41, 5.74) is 3.14. The van der Waals surface area contributed by atoms with Gasteiger partial charge in [0.1, 0.15) is 5.82 Å². The van der Waals surface area contributed by atoms with Gasteiger partial charge in [-0.25, -0.2) is 4.68 Å². The number of anilines is 1. The number of rotatable bonds is 2. The molecule has 2 N–H and O–H groups in total. The number of carbonyl (C=O) groups excluding carboxylic acids is 1. The second-order valence-electron chi connectivity index (χ2n) is 6.05. The largest absolute Gasteiger partial charge is 0.311 e. The average molecular weight is 285 g/mol. The minimum Gasteiger partial charge on any atom is -0.311 e. The predicted octanol–water partition coefficient (Wildman–Crippen LogP) is 2.50. The van der Waals surface area contributed by atoms with Gasteiger partial charge in [0.05, 0.1) is 11.7 Å². The molecule has 1 unspecified atom stereocenters. The molecule has 2 aromatic heterocycles. The fraction of sp³-hybridized carbons (Fsp3) is 0.533. The van der Waals surface area contributed by atoms with Crippen LogP contribution < -0.4 is 5.32 Å². The third kappa shape index (κ3) is 1.97. The van der Waals surface area contributed by atoms with Crippen molar-refractivity contribution in [1.29, 1.82) is 0 Å². The first-order valence-corrected chi connectivity index (χ1v) is 7.62. The van der Waals surface area contributed by atoms with E-state index in [1.165, 1.54) is 12.8 Å². The number of hydrogen-bond acceptors (Lipinski definition) is 3. The molecule has 1 atom stereocenters. The van der Waals surface area contributed by atoms with Gasteiger partial charge in [-0.2, -0.15) is 10.2 Å². The van der Waals surface area contributed by atoms with Gasteiger partial charge in [-0.3, -0.25) is 9.89 Å². The van der Waals surface area contributed by atoms with E-state index < -0.39 is 0 Å². The number of aryl methyl sites for hydroxylation is 1. The Morgan fingerprint density at radius 1 is 1.33 bits per heavy atom. The molecule has 6 heteroatoms. The van der Waals surface area contributed by atoms with Crippen LogP contribution in [0.15, 0.2) is 12.3 Å². The minimum absolute atomic E-state index is 0.0337. The monoisotopic (exact) mass is 285 g/mol. The van der Waals surface area contributed by atoms with Gasteiger partial charge in [0.2, 0.25) is 5.91 Å². The Morgan fingerprint density at radius 3 is 2.86 bits per heavy atom. The van der Waals surface area contributed by atoms with Gasteiger partial charge in [0, 0.05) is 29.8 Å². The fourth-order valence-electron chi connectivity index (χ4n) is 3.71. The van der Waals surface area contributed by atoms with Crippen LogP contribution in [0.4, 0.5) is 5.82 Å². The molecule has 4 rings (SSSR count). The smallest absolute Gasteiger partial charge is 0.226 e. The van der Waals surface area contributed by atoms with E-state index in [2.05, 4.69) is 20.2 Å². The van der Waals surface area contributed by atoms with E-state index in [4.69, 9.17) is 5.10 Å². The Bertz CT molecular complexity index is 667. The normalized spacial score (nSPS) is 22.3. The lowest BCUT2D eigenvalue weighted by molar-refractivity contribution is -0.116. The van der Waals surface area contributed by atoms with Crippen molar-refractivity contribution in [3.8, 4) is 0 Å². The molecule has 1 aliphatic heterocycles. The highest BCUT2D eigenvalue weighted by Crippen LogP contribution is 2.41. The second kappa shape index (κ2) is 4.72. The van der Waals surface area contributed by atoms with Crippen molar-refractivity contribution in [2.45, 2.75) is 51.0 Å². The zero-order valence-electron chi connectivity index (χ0n) is 12.1. The SMILES string of the molecule is Cc1nn(C2CCCC2)c2c1C(c1ccn[nH]1)CC(=O)N2. The summed E-state index contributed by atoms with van der Waals surface area (Å²) in [6, 6.07) is 2.37. The number of hydrogen-bond donors (Lipinski definition) is 2.